The monoisotopic (exact) mass is 306 g/mol. The normalized spacial score (nSPS) is 16.2. The summed E-state index contributed by atoms with van der Waals surface area (Å²) in [6.45, 7) is 3.25. The molecule has 22 heavy (non-hydrogen) atoms. The summed E-state index contributed by atoms with van der Waals surface area (Å²) in [6, 6.07) is 5.15. The fraction of sp³-hybridized carbons (Fsp3) is 0.562. The Morgan fingerprint density at radius 1 is 1.23 bits per heavy atom. The van der Waals surface area contributed by atoms with Gasteiger partial charge in [0.15, 0.2) is 11.5 Å². The zero-order valence-corrected chi connectivity index (χ0v) is 12.6. The van der Waals surface area contributed by atoms with Crippen molar-refractivity contribution in [3.63, 3.8) is 0 Å². The molecule has 0 aromatic heterocycles. The number of carbonyl (C=O) groups excluding carboxylic acids is 1. The molecular weight excluding hydrogens is 284 g/mol. The quantitative estimate of drug-likeness (QED) is 0.759. The molecule has 2 amide bonds. The van der Waals surface area contributed by atoms with Gasteiger partial charge in [-0.05, 0) is 37.3 Å². The van der Waals surface area contributed by atoms with Crippen molar-refractivity contribution in [2.24, 2.45) is 5.92 Å². The van der Waals surface area contributed by atoms with E-state index in [1.54, 1.807) is 18.2 Å². The van der Waals surface area contributed by atoms with E-state index in [9.17, 15) is 4.79 Å². The van der Waals surface area contributed by atoms with Gasteiger partial charge >= 0.3 is 6.03 Å². The third kappa shape index (κ3) is 4.53. The van der Waals surface area contributed by atoms with Crippen LogP contribution >= 0.6 is 0 Å². The summed E-state index contributed by atoms with van der Waals surface area (Å²) >= 11 is 0. The summed E-state index contributed by atoms with van der Waals surface area (Å²) in [4.78, 5) is 11.8. The predicted molar refractivity (Wildman–Crippen MR) is 82.6 cm³/mol. The number of carbonyl (C=O) groups is 1. The van der Waals surface area contributed by atoms with Crippen LogP contribution in [-0.2, 0) is 4.74 Å². The van der Waals surface area contributed by atoms with E-state index in [2.05, 4.69) is 10.6 Å². The Labute approximate surface area is 130 Å². The maximum atomic E-state index is 11.8. The standard InChI is InChI=1S/C16H22N2O4/c19-16(17-6-1-7-20-11-12-2-3-12)18-13-4-5-14-15(10-13)22-9-8-21-14/h4-5,10,12H,1-3,6-9,11H2,(H2,17,18,19). The highest BCUT2D eigenvalue weighted by atomic mass is 16.6. The van der Waals surface area contributed by atoms with Gasteiger partial charge in [0, 0.05) is 31.5 Å². The first-order chi connectivity index (χ1) is 10.8. The summed E-state index contributed by atoms with van der Waals surface area (Å²) < 4.78 is 16.4. The Balaban J connectivity index is 1.34. The largest absolute Gasteiger partial charge is 0.486 e. The fourth-order valence-corrected chi connectivity index (χ4v) is 2.21. The van der Waals surface area contributed by atoms with Gasteiger partial charge in [0.1, 0.15) is 13.2 Å². The highest BCUT2D eigenvalue weighted by molar-refractivity contribution is 5.89. The molecule has 2 aliphatic rings. The molecule has 3 rings (SSSR count). The Kier molecular flexibility index (Phi) is 5.00. The number of benzene rings is 1. The van der Waals surface area contributed by atoms with E-state index in [4.69, 9.17) is 14.2 Å². The molecular formula is C16H22N2O4. The van der Waals surface area contributed by atoms with Crippen LogP contribution < -0.4 is 20.1 Å². The molecule has 0 saturated heterocycles. The second-order valence-electron chi connectivity index (χ2n) is 5.61. The van der Waals surface area contributed by atoms with Crippen LogP contribution in [0.2, 0.25) is 0 Å². The van der Waals surface area contributed by atoms with Crippen molar-refractivity contribution in [3.05, 3.63) is 18.2 Å². The minimum Gasteiger partial charge on any atom is -0.486 e. The van der Waals surface area contributed by atoms with E-state index >= 15 is 0 Å². The number of nitrogens with one attached hydrogen (secondary N) is 2. The van der Waals surface area contributed by atoms with Crippen LogP contribution in [0.25, 0.3) is 0 Å². The van der Waals surface area contributed by atoms with Crippen LogP contribution in [-0.4, -0.2) is 39.0 Å². The maximum absolute atomic E-state index is 11.8. The smallest absolute Gasteiger partial charge is 0.319 e. The molecule has 0 unspecified atom stereocenters. The molecule has 1 heterocycles. The van der Waals surface area contributed by atoms with Crippen molar-refractivity contribution in [3.8, 4) is 11.5 Å². The van der Waals surface area contributed by atoms with Crippen LogP contribution in [0.1, 0.15) is 19.3 Å². The van der Waals surface area contributed by atoms with E-state index in [1.165, 1.54) is 12.8 Å². The molecule has 1 aromatic rings. The average molecular weight is 306 g/mol. The summed E-state index contributed by atoms with van der Waals surface area (Å²) in [5.41, 5.74) is 0.687. The summed E-state index contributed by atoms with van der Waals surface area (Å²) in [5, 5.41) is 5.60. The second kappa shape index (κ2) is 7.35. The third-order valence-corrected chi connectivity index (χ3v) is 3.60. The molecule has 0 radical (unpaired) electrons. The molecule has 1 aliphatic carbocycles. The number of hydrogen-bond donors (Lipinski definition) is 2. The van der Waals surface area contributed by atoms with Gasteiger partial charge in [0.05, 0.1) is 0 Å². The lowest BCUT2D eigenvalue weighted by Crippen LogP contribution is -2.30. The van der Waals surface area contributed by atoms with Crippen molar-refractivity contribution >= 4 is 11.7 Å². The van der Waals surface area contributed by atoms with Crippen LogP contribution in [0.3, 0.4) is 0 Å². The molecule has 0 bridgehead atoms. The lowest BCUT2D eigenvalue weighted by molar-refractivity contribution is 0.122. The minimum absolute atomic E-state index is 0.223. The predicted octanol–water partition coefficient (Wildman–Crippen LogP) is 2.40. The molecule has 1 saturated carbocycles. The van der Waals surface area contributed by atoms with Gasteiger partial charge in [-0.2, -0.15) is 0 Å². The van der Waals surface area contributed by atoms with E-state index in [0.717, 1.165) is 18.9 Å². The number of amides is 2. The SMILES string of the molecule is O=C(NCCCOCC1CC1)Nc1ccc2c(c1)OCCO2. The third-order valence-electron chi connectivity index (χ3n) is 3.60. The molecule has 1 aromatic carbocycles. The summed E-state index contributed by atoms with van der Waals surface area (Å²) in [5.74, 6) is 2.16. The van der Waals surface area contributed by atoms with Crippen LogP contribution in [0, 0.1) is 5.92 Å². The van der Waals surface area contributed by atoms with E-state index in [1.807, 2.05) is 0 Å². The molecule has 1 fully saturated rings. The highest BCUT2D eigenvalue weighted by Crippen LogP contribution is 2.32. The van der Waals surface area contributed by atoms with Crippen molar-refractivity contribution < 1.29 is 19.0 Å². The number of fused-ring (bicyclic) bond motifs is 1. The molecule has 2 N–H and O–H groups in total. The van der Waals surface area contributed by atoms with Crippen LogP contribution in [0.5, 0.6) is 11.5 Å². The summed E-state index contributed by atoms with van der Waals surface area (Å²) in [7, 11) is 0. The molecule has 0 atom stereocenters. The average Bonchev–Trinajstić information content (AvgIpc) is 3.35. The van der Waals surface area contributed by atoms with Gasteiger partial charge in [-0.15, -0.1) is 0 Å². The number of urea groups is 1. The van der Waals surface area contributed by atoms with Gasteiger partial charge in [0.2, 0.25) is 0 Å². The first-order valence-electron chi connectivity index (χ1n) is 7.83. The summed E-state index contributed by atoms with van der Waals surface area (Å²) in [6.07, 6.45) is 3.42. The Bertz CT molecular complexity index is 517. The Morgan fingerprint density at radius 3 is 2.86 bits per heavy atom. The Morgan fingerprint density at radius 2 is 2.05 bits per heavy atom. The molecule has 120 valence electrons. The van der Waals surface area contributed by atoms with Gasteiger partial charge < -0.3 is 24.8 Å². The maximum Gasteiger partial charge on any atom is 0.319 e. The van der Waals surface area contributed by atoms with E-state index < -0.39 is 0 Å². The topological polar surface area (TPSA) is 68.8 Å². The van der Waals surface area contributed by atoms with Crippen LogP contribution in [0.15, 0.2) is 18.2 Å². The lowest BCUT2D eigenvalue weighted by Gasteiger charge is -2.19. The van der Waals surface area contributed by atoms with E-state index in [0.29, 0.717) is 43.6 Å². The van der Waals surface area contributed by atoms with Crippen molar-refractivity contribution in [1.82, 2.24) is 5.32 Å². The van der Waals surface area contributed by atoms with E-state index in [-0.39, 0.29) is 6.03 Å². The minimum atomic E-state index is -0.223. The first kappa shape index (κ1) is 15.0. The molecule has 6 heteroatoms. The van der Waals surface area contributed by atoms with Crippen molar-refractivity contribution in [1.29, 1.82) is 0 Å². The zero-order valence-electron chi connectivity index (χ0n) is 12.6. The Hall–Kier alpha value is -1.95. The van der Waals surface area contributed by atoms with Gasteiger partial charge in [0.25, 0.3) is 0 Å². The zero-order chi connectivity index (χ0) is 15.2. The molecule has 0 spiro atoms. The highest BCUT2D eigenvalue weighted by Gasteiger charge is 2.20. The van der Waals surface area contributed by atoms with Crippen molar-refractivity contribution in [2.75, 3.05) is 38.3 Å². The number of ether oxygens (including phenoxy) is 3. The van der Waals surface area contributed by atoms with Gasteiger partial charge in [-0.25, -0.2) is 4.79 Å². The number of rotatable bonds is 7. The number of hydrogen-bond acceptors (Lipinski definition) is 4. The first-order valence-corrected chi connectivity index (χ1v) is 7.83. The van der Waals surface area contributed by atoms with Gasteiger partial charge in [-0.1, -0.05) is 0 Å². The second-order valence-corrected chi connectivity index (χ2v) is 5.61. The fourth-order valence-electron chi connectivity index (χ4n) is 2.21. The van der Waals surface area contributed by atoms with Gasteiger partial charge in [-0.3, -0.25) is 0 Å². The molecule has 6 nitrogen and oxygen atoms in total. The lowest BCUT2D eigenvalue weighted by atomic mass is 10.2. The van der Waals surface area contributed by atoms with Crippen molar-refractivity contribution in [2.45, 2.75) is 19.3 Å². The number of anilines is 1. The molecule has 1 aliphatic heterocycles. The van der Waals surface area contributed by atoms with Crippen LogP contribution in [0.4, 0.5) is 10.5 Å².